The van der Waals surface area contributed by atoms with Crippen molar-refractivity contribution in [2.24, 2.45) is 0 Å². The Balaban J connectivity index is 1.66. The van der Waals surface area contributed by atoms with Crippen LogP contribution < -0.4 is 0 Å². The van der Waals surface area contributed by atoms with Crippen LogP contribution in [0.2, 0.25) is 0 Å². The summed E-state index contributed by atoms with van der Waals surface area (Å²) in [5.41, 5.74) is 3.42. The number of aromatic nitrogens is 4. The third-order valence-corrected chi connectivity index (χ3v) is 5.92. The van der Waals surface area contributed by atoms with Gasteiger partial charge in [0, 0.05) is 28.2 Å². The van der Waals surface area contributed by atoms with Crippen LogP contribution in [0.3, 0.4) is 0 Å². The molecule has 2 aromatic heterocycles. The maximum absolute atomic E-state index is 4.47. The van der Waals surface area contributed by atoms with Gasteiger partial charge in [-0.05, 0) is 29.3 Å². The topological polar surface area (TPSA) is 43.6 Å². The van der Waals surface area contributed by atoms with Crippen molar-refractivity contribution < 1.29 is 0 Å². The molecular formula is C21H17BrN4S. The van der Waals surface area contributed by atoms with Crippen LogP contribution in [0, 0.1) is 0 Å². The fourth-order valence-electron chi connectivity index (χ4n) is 2.77. The summed E-state index contributed by atoms with van der Waals surface area (Å²) in [7, 11) is 0. The number of benzene rings is 2. The number of rotatable bonds is 6. The van der Waals surface area contributed by atoms with E-state index >= 15 is 0 Å². The van der Waals surface area contributed by atoms with E-state index < -0.39 is 0 Å². The van der Waals surface area contributed by atoms with Crippen molar-refractivity contribution in [2.45, 2.75) is 17.5 Å². The third-order valence-electron chi connectivity index (χ3n) is 4.13. The van der Waals surface area contributed by atoms with Crippen molar-refractivity contribution in [1.29, 1.82) is 0 Å². The van der Waals surface area contributed by atoms with Crippen molar-refractivity contribution in [3.63, 3.8) is 0 Å². The van der Waals surface area contributed by atoms with Gasteiger partial charge < -0.3 is 0 Å². The first kappa shape index (κ1) is 17.9. The normalized spacial score (nSPS) is 10.9. The van der Waals surface area contributed by atoms with Crippen molar-refractivity contribution in [1.82, 2.24) is 19.7 Å². The lowest BCUT2D eigenvalue weighted by Crippen LogP contribution is -2.04. The van der Waals surface area contributed by atoms with Gasteiger partial charge in [-0.15, -0.1) is 10.2 Å². The van der Waals surface area contributed by atoms with Crippen molar-refractivity contribution in [2.75, 3.05) is 0 Å². The minimum absolute atomic E-state index is 0.719. The number of thioether (sulfide) groups is 1. The molecule has 0 unspecified atom stereocenters. The van der Waals surface area contributed by atoms with Gasteiger partial charge in [0.2, 0.25) is 0 Å². The van der Waals surface area contributed by atoms with Crippen LogP contribution in [0.1, 0.15) is 11.1 Å². The average molecular weight is 437 g/mol. The molecule has 0 N–H and O–H groups in total. The molecule has 6 heteroatoms. The van der Waals surface area contributed by atoms with Gasteiger partial charge in [-0.1, -0.05) is 76.2 Å². The van der Waals surface area contributed by atoms with Crippen molar-refractivity contribution in [3.8, 4) is 11.4 Å². The van der Waals surface area contributed by atoms with Gasteiger partial charge in [-0.3, -0.25) is 9.55 Å². The molecule has 0 aliphatic rings. The van der Waals surface area contributed by atoms with E-state index in [0.29, 0.717) is 0 Å². The summed E-state index contributed by atoms with van der Waals surface area (Å²) in [4.78, 5) is 4.23. The molecule has 134 valence electrons. The Morgan fingerprint density at radius 3 is 2.48 bits per heavy atom. The monoisotopic (exact) mass is 436 g/mol. The molecule has 4 aromatic rings. The largest absolute Gasteiger partial charge is 0.297 e. The predicted molar refractivity (Wildman–Crippen MR) is 112 cm³/mol. The summed E-state index contributed by atoms with van der Waals surface area (Å²) in [6.07, 6.45) is 3.59. The van der Waals surface area contributed by atoms with E-state index in [2.05, 4.69) is 78.1 Å². The molecule has 0 spiro atoms. The molecule has 2 heterocycles. The van der Waals surface area contributed by atoms with Crippen molar-refractivity contribution >= 4 is 27.7 Å². The molecule has 0 saturated carbocycles. The second-order valence-corrected chi connectivity index (χ2v) is 7.80. The van der Waals surface area contributed by atoms with Crippen LogP contribution >= 0.6 is 27.7 Å². The van der Waals surface area contributed by atoms with Crippen LogP contribution in [0.15, 0.2) is 88.8 Å². The fourth-order valence-corrected chi connectivity index (χ4v) is 4.32. The summed E-state index contributed by atoms with van der Waals surface area (Å²) in [5, 5.41) is 9.82. The van der Waals surface area contributed by atoms with Crippen LogP contribution in [0.25, 0.3) is 11.4 Å². The minimum Gasteiger partial charge on any atom is -0.297 e. The van der Waals surface area contributed by atoms with Gasteiger partial charge in [-0.25, -0.2) is 0 Å². The Labute approximate surface area is 170 Å². The van der Waals surface area contributed by atoms with Crippen LogP contribution in [-0.2, 0) is 12.3 Å². The molecule has 0 radical (unpaired) electrons. The maximum atomic E-state index is 4.47. The van der Waals surface area contributed by atoms with E-state index in [-0.39, 0.29) is 0 Å². The zero-order chi connectivity index (χ0) is 18.5. The van der Waals surface area contributed by atoms with Gasteiger partial charge >= 0.3 is 0 Å². The highest BCUT2D eigenvalue weighted by atomic mass is 79.9. The lowest BCUT2D eigenvalue weighted by molar-refractivity contribution is 0.714. The van der Waals surface area contributed by atoms with E-state index in [0.717, 1.165) is 33.3 Å². The van der Waals surface area contributed by atoms with Gasteiger partial charge in [0.15, 0.2) is 11.0 Å². The van der Waals surface area contributed by atoms with Gasteiger partial charge in [0.1, 0.15) is 0 Å². The number of nitrogens with zero attached hydrogens (tertiary/aromatic N) is 4. The van der Waals surface area contributed by atoms with Crippen molar-refractivity contribution in [3.05, 3.63) is 94.7 Å². The van der Waals surface area contributed by atoms with Gasteiger partial charge in [0.25, 0.3) is 0 Å². The first-order valence-electron chi connectivity index (χ1n) is 8.55. The second kappa shape index (κ2) is 8.50. The second-order valence-electron chi connectivity index (χ2n) is 6.00. The maximum Gasteiger partial charge on any atom is 0.192 e. The molecule has 0 amide bonds. The zero-order valence-corrected chi connectivity index (χ0v) is 16.9. The predicted octanol–water partition coefficient (Wildman–Crippen LogP) is 5.44. The Kier molecular flexibility index (Phi) is 5.65. The molecule has 4 nitrogen and oxygen atoms in total. The molecule has 0 fully saturated rings. The smallest absolute Gasteiger partial charge is 0.192 e. The summed E-state index contributed by atoms with van der Waals surface area (Å²) < 4.78 is 3.27. The fraction of sp³-hybridized carbons (Fsp3) is 0.0952. The SMILES string of the molecule is Brc1ccccc1CSc1nnc(-c2cccnc2)n1Cc1ccccc1. The summed E-state index contributed by atoms with van der Waals surface area (Å²) in [5.74, 6) is 1.66. The van der Waals surface area contributed by atoms with E-state index in [1.165, 1.54) is 11.1 Å². The summed E-state index contributed by atoms with van der Waals surface area (Å²) >= 11 is 5.31. The lowest BCUT2D eigenvalue weighted by atomic mass is 10.2. The molecule has 0 bridgehead atoms. The summed E-state index contributed by atoms with van der Waals surface area (Å²) in [6.45, 7) is 0.719. The van der Waals surface area contributed by atoms with Crippen LogP contribution in [0.5, 0.6) is 0 Å². The first-order valence-corrected chi connectivity index (χ1v) is 10.3. The van der Waals surface area contributed by atoms with Gasteiger partial charge in [-0.2, -0.15) is 0 Å². The molecule has 0 saturated heterocycles. The highest BCUT2D eigenvalue weighted by molar-refractivity contribution is 9.10. The van der Waals surface area contributed by atoms with Crippen LogP contribution in [0.4, 0.5) is 0 Å². The first-order chi connectivity index (χ1) is 13.3. The number of halogens is 1. The molecular weight excluding hydrogens is 420 g/mol. The molecule has 27 heavy (non-hydrogen) atoms. The Bertz CT molecular complexity index is 1020. The minimum atomic E-state index is 0.719. The van der Waals surface area contributed by atoms with Crippen LogP contribution in [-0.4, -0.2) is 19.7 Å². The van der Waals surface area contributed by atoms with E-state index in [4.69, 9.17) is 0 Å². The Hall–Kier alpha value is -2.44. The molecule has 0 atom stereocenters. The Morgan fingerprint density at radius 2 is 1.70 bits per heavy atom. The standard InChI is InChI=1S/C21H17BrN4S/c22-19-11-5-4-9-18(19)15-27-21-25-24-20(17-10-6-12-23-13-17)26(21)14-16-7-2-1-3-8-16/h1-13H,14-15H2. The highest BCUT2D eigenvalue weighted by Crippen LogP contribution is 2.29. The summed E-state index contributed by atoms with van der Waals surface area (Å²) in [6, 6.07) is 22.6. The average Bonchev–Trinajstić information content (AvgIpc) is 3.11. The quantitative estimate of drug-likeness (QED) is 0.377. The number of hydrogen-bond acceptors (Lipinski definition) is 4. The molecule has 0 aliphatic heterocycles. The molecule has 2 aromatic carbocycles. The Morgan fingerprint density at radius 1 is 0.889 bits per heavy atom. The van der Waals surface area contributed by atoms with E-state index in [9.17, 15) is 0 Å². The molecule has 4 rings (SSSR count). The van der Waals surface area contributed by atoms with E-state index in [1.807, 2.05) is 30.5 Å². The number of pyridine rings is 1. The zero-order valence-electron chi connectivity index (χ0n) is 14.5. The lowest BCUT2D eigenvalue weighted by Gasteiger charge is -2.11. The van der Waals surface area contributed by atoms with Gasteiger partial charge in [0.05, 0.1) is 6.54 Å². The van der Waals surface area contributed by atoms with E-state index in [1.54, 1.807) is 18.0 Å². The molecule has 0 aliphatic carbocycles. The highest BCUT2D eigenvalue weighted by Gasteiger charge is 2.15. The third kappa shape index (κ3) is 4.28. The number of hydrogen-bond donors (Lipinski definition) is 0.